The molecular weight excluding hydrogens is 264 g/mol. The van der Waals surface area contributed by atoms with Crippen LogP contribution in [-0.4, -0.2) is 30.0 Å². The molecule has 0 aliphatic rings. The average Bonchev–Trinajstić information content (AvgIpc) is 3.00. The maximum absolute atomic E-state index is 11.9. The second-order valence-corrected chi connectivity index (χ2v) is 5.32. The number of carbonyl (C=O) groups is 1. The van der Waals surface area contributed by atoms with E-state index >= 15 is 0 Å². The van der Waals surface area contributed by atoms with Crippen molar-refractivity contribution in [3.05, 3.63) is 48.0 Å². The lowest BCUT2D eigenvalue weighted by Gasteiger charge is -2.13. The SMILES string of the molecule is CC(NC(=O)CCc1ccc(N(C)C)cc1)c1ncc[nH]1. The third-order valence-corrected chi connectivity index (χ3v) is 3.40. The van der Waals surface area contributed by atoms with E-state index in [4.69, 9.17) is 0 Å². The number of nitrogens with one attached hydrogen (secondary N) is 2. The predicted octanol–water partition coefficient (Wildman–Crippen LogP) is 2.29. The van der Waals surface area contributed by atoms with Crippen LogP contribution in [0.3, 0.4) is 0 Å². The summed E-state index contributed by atoms with van der Waals surface area (Å²) in [4.78, 5) is 21.1. The van der Waals surface area contributed by atoms with E-state index < -0.39 is 0 Å². The molecule has 1 amide bonds. The first-order valence-corrected chi connectivity index (χ1v) is 7.11. The fraction of sp³-hybridized carbons (Fsp3) is 0.375. The lowest BCUT2D eigenvalue weighted by molar-refractivity contribution is -0.121. The molecule has 2 rings (SSSR count). The van der Waals surface area contributed by atoms with Crippen molar-refractivity contribution in [1.29, 1.82) is 0 Å². The Morgan fingerprint density at radius 3 is 2.62 bits per heavy atom. The molecule has 0 aliphatic heterocycles. The van der Waals surface area contributed by atoms with E-state index in [-0.39, 0.29) is 11.9 Å². The minimum atomic E-state index is -0.0939. The number of nitrogens with zero attached hydrogens (tertiary/aromatic N) is 2. The monoisotopic (exact) mass is 286 g/mol. The van der Waals surface area contributed by atoms with Crippen LogP contribution in [0.4, 0.5) is 5.69 Å². The molecule has 5 heteroatoms. The number of carbonyl (C=O) groups excluding carboxylic acids is 1. The average molecular weight is 286 g/mol. The lowest BCUT2D eigenvalue weighted by atomic mass is 10.1. The maximum atomic E-state index is 11.9. The summed E-state index contributed by atoms with van der Waals surface area (Å²) in [6.45, 7) is 1.92. The summed E-state index contributed by atoms with van der Waals surface area (Å²) in [5, 5.41) is 2.94. The summed E-state index contributed by atoms with van der Waals surface area (Å²) in [5.74, 6) is 0.814. The van der Waals surface area contributed by atoms with Crippen LogP contribution in [0.5, 0.6) is 0 Å². The molecule has 2 aromatic rings. The molecular formula is C16H22N4O. The highest BCUT2D eigenvalue weighted by atomic mass is 16.1. The molecule has 112 valence electrons. The molecule has 0 radical (unpaired) electrons. The summed E-state index contributed by atoms with van der Waals surface area (Å²) >= 11 is 0. The molecule has 0 aliphatic carbocycles. The zero-order chi connectivity index (χ0) is 15.2. The molecule has 1 aromatic heterocycles. The van der Waals surface area contributed by atoms with Gasteiger partial charge in [-0.3, -0.25) is 4.79 Å². The van der Waals surface area contributed by atoms with E-state index in [0.717, 1.165) is 17.9 Å². The fourth-order valence-electron chi connectivity index (χ4n) is 2.11. The number of aromatic amines is 1. The smallest absolute Gasteiger partial charge is 0.220 e. The summed E-state index contributed by atoms with van der Waals surface area (Å²) < 4.78 is 0. The van der Waals surface area contributed by atoms with E-state index in [9.17, 15) is 4.79 Å². The van der Waals surface area contributed by atoms with Crippen molar-refractivity contribution in [1.82, 2.24) is 15.3 Å². The minimum absolute atomic E-state index is 0.0376. The highest BCUT2D eigenvalue weighted by molar-refractivity contribution is 5.76. The molecule has 0 bridgehead atoms. The van der Waals surface area contributed by atoms with Crippen molar-refractivity contribution >= 4 is 11.6 Å². The first kappa shape index (κ1) is 15.1. The van der Waals surface area contributed by atoms with E-state index in [2.05, 4.69) is 44.5 Å². The zero-order valence-corrected chi connectivity index (χ0v) is 12.8. The molecule has 1 unspecified atom stereocenters. The van der Waals surface area contributed by atoms with Crippen molar-refractivity contribution in [3.63, 3.8) is 0 Å². The number of rotatable bonds is 6. The van der Waals surface area contributed by atoms with Gasteiger partial charge in [-0.05, 0) is 31.0 Å². The highest BCUT2D eigenvalue weighted by Gasteiger charge is 2.11. The van der Waals surface area contributed by atoms with Gasteiger partial charge in [-0.2, -0.15) is 0 Å². The fourth-order valence-corrected chi connectivity index (χ4v) is 2.11. The van der Waals surface area contributed by atoms with Crippen LogP contribution in [0, 0.1) is 0 Å². The Labute approximate surface area is 125 Å². The number of hydrogen-bond acceptors (Lipinski definition) is 3. The Hall–Kier alpha value is -2.30. The number of aromatic nitrogens is 2. The van der Waals surface area contributed by atoms with E-state index in [1.54, 1.807) is 12.4 Å². The normalized spacial score (nSPS) is 12.0. The highest BCUT2D eigenvalue weighted by Crippen LogP contribution is 2.13. The minimum Gasteiger partial charge on any atom is -0.378 e. The summed E-state index contributed by atoms with van der Waals surface area (Å²) in [5.41, 5.74) is 2.33. The van der Waals surface area contributed by atoms with Crippen molar-refractivity contribution in [2.75, 3.05) is 19.0 Å². The van der Waals surface area contributed by atoms with E-state index in [1.165, 1.54) is 5.56 Å². The summed E-state index contributed by atoms with van der Waals surface area (Å²) in [6, 6.07) is 8.18. The number of aryl methyl sites for hydroxylation is 1. The number of benzene rings is 1. The Balaban J connectivity index is 1.81. The van der Waals surface area contributed by atoms with Gasteiger partial charge >= 0.3 is 0 Å². The number of amides is 1. The van der Waals surface area contributed by atoms with Crippen LogP contribution in [-0.2, 0) is 11.2 Å². The van der Waals surface area contributed by atoms with Gasteiger partial charge in [0.05, 0.1) is 6.04 Å². The molecule has 0 fully saturated rings. The van der Waals surface area contributed by atoms with Crippen molar-refractivity contribution in [2.45, 2.75) is 25.8 Å². The van der Waals surface area contributed by atoms with Crippen LogP contribution in [0.25, 0.3) is 0 Å². The Morgan fingerprint density at radius 2 is 2.05 bits per heavy atom. The standard InChI is InChI=1S/C16H22N4O/c1-12(16-17-10-11-18-16)19-15(21)9-6-13-4-7-14(8-5-13)20(2)3/h4-5,7-8,10-12H,6,9H2,1-3H3,(H,17,18)(H,19,21). The van der Waals surface area contributed by atoms with Crippen LogP contribution in [0.2, 0.25) is 0 Å². The van der Waals surface area contributed by atoms with Gasteiger partial charge in [0.2, 0.25) is 5.91 Å². The predicted molar refractivity (Wildman–Crippen MR) is 84.2 cm³/mol. The second-order valence-electron chi connectivity index (χ2n) is 5.32. The number of imidazole rings is 1. The van der Waals surface area contributed by atoms with Crippen LogP contribution in [0.15, 0.2) is 36.7 Å². The molecule has 0 saturated heterocycles. The molecule has 1 heterocycles. The quantitative estimate of drug-likeness (QED) is 0.856. The van der Waals surface area contributed by atoms with Gasteiger partial charge in [0.25, 0.3) is 0 Å². The lowest BCUT2D eigenvalue weighted by Crippen LogP contribution is -2.27. The van der Waals surface area contributed by atoms with Gasteiger partial charge in [0.15, 0.2) is 0 Å². The second kappa shape index (κ2) is 6.92. The summed E-state index contributed by atoms with van der Waals surface area (Å²) in [6.07, 6.45) is 4.66. The van der Waals surface area contributed by atoms with Crippen LogP contribution < -0.4 is 10.2 Å². The van der Waals surface area contributed by atoms with Gasteiger partial charge in [-0.15, -0.1) is 0 Å². The van der Waals surface area contributed by atoms with Gasteiger partial charge in [0.1, 0.15) is 5.82 Å². The van der Waals surface area contributed by atoms with Crippen molar-refractivity contribution < 1.29 is 4.79 Å². The Morgan fingerprint density at radius 1 is 1.33 bits per heavy atom. The summed E-state index contributed by atoms with van der Waals surface area (Å²) in [7, 11) is 4.02. The number of H-pyrrole nitrogens is 1. The molecule has 2 N–H and O–H groups in total. The molecule has 1 atom stereocenters. The van der Waals surface area contributed by atoms with E-state index in [1.807, 2.05) is 21.0 Å². The number of anilines is 1. The Kier molecular flexibility index (Phi) is 4.98. The van der Waals surface area contributed by atoms with E-state index in [0.29, 0.717) is 6.42 Å². The molecule has 21 heavy (non-hydrogen) atoms. The maximum Gasteiger partial charge on any atom is 0.220 e. The zero-order valence-electron chi connectivity index (χ0n) is 12.8. The Bertz CT molecular complexity index is 560. The number of hydrogen-bond donors (Lipinski definition) is 2. The first-order valence-electron chi connectivity index (χ1n) is 7.11. The van der Waals surface area contributed by atoms with Gasteiger partial charge in [-0.1, -0.05) is 12.1 Å². The van der Waals surface area contributed by atoms with Crippen LogP contribution in [0.1, 0.15) is 30.8 Å². The molecule has 5 nitrogen and oxygen atoms in total. The van der Waals surface area contributed by atoms with Gasteiger partial charge in [0, 0.05) is 38.6 Å². The van der Waals surface area contributed by atoms with Crippen molar-refractivity contribution in [3.8, 4) is 0 Å². The van der Waals surface area contributed by atoms with Crippen molar-refractivity contribution in [2.24, 2.45) is 0 Å². The largest absolute Gasteiger partial charge is 0.378 e. The third-order valence-electron chi connectivity index (χ3n) is 3.40. The van der Waals surface area contributed by atoms with Gasteiger partial charge < -0.3 is 15.2 Å². The molecule has 0 spiro atoms. The van der Waals surface area contributed by atoms with Crippen LogP contribution >= 0.6 is 0 Å². The third kappa shape index (κ3) is 4.34. The topological polar surface area (TPSA) is 61.0 Å². The first-order chi connectivity index (χ1) is 10.1. The van der Waals surface area contributed by atoms with Gasteiger partial charge in [-0.25, -0.2) is 4.98 Å². The molecule has 0 saturated carbocycles. The molecule has 1 aromatic carbocycles.